The summed E-state index contributed by atoms with van der Waals surface area (Å²) in [5.74, 6) is 0.594. The lowest BCUT2D eigenvalue weighted by atomic mass is 9.93. The maximum Gasteiger partial charge on any atom is 0.242 e. The normalized spacial score (nSPS) is 16.9. The summed E-state index contributed by atoms with van der Waals surface area (Å²) in [5, 5.41) is 11.0. The Bertz CT molecular complexity index is 920. The molecule has 0 saturated heterocycles. The monoisotopic (exact) mass is 323 g/mol. The van der Waals surface area contributed by atoms with Crippen molar-refractivity contribution in [2.75, 3.05) is 11.9 Å². The molecular formula is C16H17N7O. The Morgan fingerprint density at radius 3 is 2.83 bits per heavy atom. The minimum Gasteiger partial charge on any atom is -0.357 e. The standard InChI is InChI=1S/C16H17N7O/c1-17-16(24)12-7-10-5-3-4-6-11(10)8-23(12)15-13-14(18-9-19-15)22(2)21-20-13/h3-6,9,12H,7-8H2,1-2H3,(H,17,24)/t12-/m0/s1. The van der Waals surface area contributed by atoms with Crippen molar-refractivity contribution in [3.05, 3.63) is 41.7 Å². The number of hydrogen-bond donors (Lipinski definition) is 1. The van der Waals surface area contributed by atoms with Crippen molar-refractivity contribution in [3.63, 3.8) is 0 Å². The van der Waals surface area contributed by atoms with Crippen LogP contribution < -0.4 is 10.2 Å². The van der Waals surface area contributed by atoms with Crippen LogP contribution in [-0.2, 0) is 24.8 Å². The van der Waals surface area contributed by atoms with Crippen LogP contribution in [-0.4, -0.2) is 44.0 Å². The van der Waals surface area contributed by atoms with Crippen LogP contribution in [0.4, 0.5) is 5.82 Å². The van der Waals surface area contributed by atoms with Gasteiger partial charge in [0.25, 0.3) is 0 Å². The number of fused-ring (bicyclic) bond motifs is 2. The highest BCUT2D eigenvalue weighted by molar-refractivity contribution is 5.90. The van der Waals surface area contributed by atoms with Crippen LogP contribution >= 0.6 is 0 Å². The van der Waals surface area contributed by atoms with Crippen LogP contribution in [0.25, 0.3) is 11.2 Å². The molecule has 8 heteroatoms. The quantitative estimate of drug-likeness (QED) is 0.736. The van der Waals surface area contributed by atoms with Gasteiger partial charge in [-0.25, -0.2) is 14.6 Å². The van der Waals surface area contributed by atoms with Crippen LogP contribution in [0.15, 0.2) is 30.6 Å². The van der Waals surface area contributed by atoms with Crippen LogP contribution in [0.1, 0.15) is 11.1 Å². The average Bonchev–Trinajstić information content (AvgIpc) is 3.01. The fourth-order valence-electron chi connectivity index (χ4n) is 3.20. The number of likely N-dealkylation sites (N-methyl/N-ethyl adjacent to an activating group) is 1. The number of nitrogens with zero attached hydrogens (tertiary/aromatic N) is 6. The minimum atomic E-state index is -0.343. The van der Waals surface area contributed by atoms with Gasteiger partial charge < -0.3 is 10.2 Å². The molecule has 3 heterocycles. The molecule has 0 spiro atoms. The van der Waals surface area contributed by atoms with E-state index in [-0.39, 0.29) is 11.9 Å². The predicted molar refractivity (Wildman–Crippen MR) is 88.3 cm³/mol. The van der Waals surface area contributed by atoms with Crippen molar-refractivity contribution in [2.24, 2.45) is 7.05 Å². The molecule has 1 atom stereocenters. The van der Waals surface area contributed by atoms with Gasteiger partial charge >= 0.3 is 0 Å². The molecule has 0 saturated carbocycles. The molecule has 0 radical (unpaired) electrons. The Labute approximate surface area is 138 Å². The highest BCUT2D eigenvalue weighted by Crippen LogP contribution is 2.30. The SMILES string of the molecule is CNC(=O)[C@@H]1Cc2ccccc2CN1c1ncnc2c1nnn2C. The van der Waals surface area contributed by atoms with Gasteiger partial charge in [-0.2, -0.15) is 0 Å². The van der Waals surface area contributed by atoms with Crippen LogP contribution in [0.5, 0.6) is 0 Å². The molecule has 122 valence electrons. The first-order valence-electron chi connectivity index (χ1n) is 7.74. The van der Waals surface area contributed by atoms with E-state index in [0.717, 1.165) is 0 Å². The predicted octanol–water partition coefficient (Wildman–Crippen LogP) is 0.436. The summed E-state index contributed by atoms with van der Waals surface area (Å²) < 4.78 is 1.60. The summed E-state index contributed by atoms with van der Waals surface area (Å²) in [4.78, 5) is 23.1. The van der Waals surface area contributed by atoms with E-state index in [1.807, 2.05) is 17.0 Å². The summed E-state index contributed by atoms with van der Waals surface area (Å²) in [6.45, 7) is 0.594. The highest BCUT2D eigenvalue weighted by atomic mass is 16.2. The molecule has 1 aliphatic rings. The second kappa shape index (κ2) is 5.55. The van der Waals surface area contributed by atoms with E-state index in [1.165, 1.54) is 17.5 Å². The number of benzene rings is 1. The van der Waals surface area contributed by atoms with Crippen molar-refractivity contribution in [3.8, 4) is 0 Å². The second-order valence-electron chi connectivity index (χ2n) is 5.81. The van der Waals surface area contributed by atoms with Crippen molar-refractivity contribution < 1.29 is 4.79 Å². The molecule has 4 rings (SSSR count). The number of aromatic nitrogens is 5. The molecule has 0 fully saturated rings. The Morgan fingerprint density at radius 2 is 2.04 bits per heavy atom. The zero-order valence-electron chi connectivity index (χ0n) is 13.5. The third-order valence-corrected chi connectivity index (χ3v) is 4.44. The molecule has 1 aliphatic heterocycles. The van der Waals surface area contributed by atoms with Gasteiger partial charge in [0.15, 0.2) is 17.0 Å². The van der Waals surface area contributed by atoms with Gasteiger partial charge in [-0.05, 0) is 11.1 Å². The summed E-state index contributed by atoms with van der Waals surface area (Å²) >= 11 is 0. The smallest absolute Gasteiger partial charge is 0.242 e. The number of carbonyl (C=O) groups excluding carboxylic acids is 1. The lowest BCUT2D eigenvalue weighted by Crippen LogP contribution is -2.50. The van der Waals surface area contributed by atoms with E-state index in [0.29, 0.717) is 29.9 Å². The fourth-order valence-corrected chi connectivity index (χ4v) is 3.20. The van der Waals surface area contributed by atoms with Gasteiger partial charge in [0.2, 0.25) is 5.91 Å². The molecule has 0 unspecified atom stereocenters. The molecule has 1 N–H and O–H groups in total. The summed E-state index contributed by atoms with van der Waals surface area (Å²) in [5.41, 5.74) is 3.63. The van der Waals surface area contributed by atoms with Crippen molar-refractivity contribution in [2.45, 2.75) is 19.0 Å². The molecule has 8 nitrogen and oxygen atoms in total. The summed E-state index contributed by atoms with van der Waals surface area (Å²) in [6, 6.07) is 7.82. The summed E-state index contributed by atoms with van der Waals surface area (Å²) in [6.07, 6.45) is 2.12. The largest absolute Gasteiger partial charge is 0.357 e. The molecule has 2 aromatic heterocycles. The number of aryl methyl sites for hydroxylation is 1. The van der Waals surface area contributed by atoms with E-state index >= 15 is 0 Å². The number of nitrogens with one attached hydrogen (secondary N) is 1. The van der Waals surface area contributed by atoms with E-state index in [9.17, 15) is 4.79 Å². The van der Waals surface area contributed by atoms with Gasteiger partial charge in [0.05, 0.1) is 0 Å². The van der Waals surface area contributed by atoms with E-state index in [1.54, 1.807) is 18.8 Å². The fraction of sp³-hybridized carbons (Fsp3) is 0.312. The first-order chi connectivity index (χ1) is 11.7. The Balaban J connectivity index is 1.85. The number of amides is 1. The highest BCUT2D eigenvalue weighted by Gasteiger charge is 2.33. The first-order valence-corrected chi connectivity index (χ1v) is 7.74. The van der Waals surface area contributed by atoms with Gasteiger partial charge in [0.1, 0.15) is 12.4 Å². The number of rotatable bonds is 2. The first kappa shape index (κ1) is 14.6. The van der Waals surface area contributed by atoms with Gasteiger partial charge in [-0.1, -0.05) is 29.5 Å². The van der Waals surface area contributed by atoms with Gasteiger partial charge in [0, 0.05) is 27.1 Å². The molecular weight excluding hydrogens is 306 g/mol. The maximum absolute atomic E-state index is 12.5. The van der Waals surface area contributed by atoms with Crippen molar-refractivity contribution in [1.82, 2.24) is 30.3 Å². The Kier molecular flexibility index (Phi) is 3.37. The number of carbonyl (C=O) groups is 1. The summed E-state index contributed by atoms with van der Waals surface area (Å²) in [7, 11) is 3.44. The number of hydrogen-bond acceptors (Lipinski definition) is 6. The van der Waals surface area contributed by atoms with E-state index < -0.39 is 0 Å². The average molecular weight is 323 g/mol. The molecule has 3 aromatic rings. The topological polar surface area (TPSA) is 88.8 Å². The van der Waals surface area contributed by atoms with Gasteiger partial charge in [-0.15, -0.1) is 5.10 Å². The third kappa shape index (κ3) is 2.18. The zero-order chi connectivity index (χ0) is 16.7. The third-order valence-electron chi connectivity index (χ3n) is 4.44. The molecule has 24 heavy (non-hydrogen) atoms. The van der Waals surface area contributed by atoms with Crippen molar-refractivity contribution in [1.29, 1.82) is 0 Å². The van der Waals surface area contributed by atoms with Crippen LogP contribution in [0.3, 0.4) is 0 Å². The Hall–Kier alpha value is -3.03. The Morgan fingerprint density at radius 1 is 1.25 bits per heavy atom. The molecule has 1 amide bonds. The molecule has 1 aromatic carbocycles. The van der Waals surface area contributed by atoms with Crippen LogP contribution in [0, 0.1) is 0 Å². The van der Waals surface area contributed by atoms with Crippen molar-refractivity contribution >= 4 is 22.9 Å². The minimum absolute atomic E-state index is 0.0415. The second-order valence-corrected chi connectivity index (χ2v) is 5.81. The van der Waals surface area contributed by atoms with E-state index in [4.69, 9.17) is 0 Å². The zero-order valence-corrected chi connectivity index (χ0v) is 13.5. The lowest BCUT2D eigenvalue weighted by Gasteiger charge is -2.36. The molecule has 0 bridgehead atoms. The van der Waals surface area contributed by atoms with Crippen LogP contribution in [0.2, 0.25) is 0 Å². The van der Waals surface area contributed by atoms with Gasteiger partial charge in [-0.3, -0.25) is 4.79 Å². The van der Waals surface area contributed by atoms with E-state index in [2.05, 4.69) is 37.7 Å². The lowest BCUT2D eigenvalue weighted by molar-refractivity contribution is -0.122. The number of anilines is 1. The maximum atomic E-state index is 12.5. The molecule has 0 aliphatic carbocycles.